The molecule has 1 N–H and O–H groups in total. The lowest BCUT2D eigenvalue weighted by molar-refractivity contribution is -0.870. The molecule has 1 aromatic carbocycles. The molecule has 11 nitrogen and oxygen atoms in total. The number of nitrogens with zero attached hydrogens (tertiary/aromatic N) is 1. The van der Waals surface area contributed by atoms with Gasteiger partial charge in [-0.3, -0.25) is 18.9 Å². The highest BCUT2D eigenvalue weighted by molar-refractivity contribution is 7.45. The molecule has 0 saturated heterocycles. The molecular formula is C45H81N2O9P. The number of ether oxygens (including phenoxy) is 2. The minimum absolute atomic E-state index is 0.0416. The highest BCUT2D eigenvalue weighted by Crippen LogP contribution is 2.38. The molecule has 330 valence electrons. The number of benzene rings is 1. The van der Waals surface area contributed by atoms with Gasteiger partial charge in [0.15, 0.2) is 6.10 Å². The van der Waals surface area contributed by atoms with Gasteiger partial charge in [-0.05, 0) is 49.7 Å². The molecular weight excluding hydrogens is 743 g/mol. The second-order valence-corrected chi connectivity index (χ2v) is 18.7. The number of rotatable bonds is 36. The van der Waals surface area contributed by atoms with Crippen molar-refractivity contribution in [1.29, 1.82) is 0 Å². The van der Waals surface area contributed by atoms with Crippen LogP contribution < -0.4 is 10.2 Å². The van der Waals surface area contributed by atoms with Gasteiger partial charge in [0.1, 0.15) is 19.8 Å². The van der Waals surface area contributed by atoms with Gasteiger partial charge in [-0.2, -0.15) is 0 Å². The zero-order chi connectivity index (χ0) is 42.4. The maximum Gasteiger partial charge on any atom is 0.306 e. The summed E-state index contributed by atoms with van der Waals surface area (Å²) in [7, 11) is 1.06. The zero-order valence-corrected chi connectivity index (χ0v) is 37.9. The Morgan fingerprint density at radius 3 is 1.74 bits per heavy atom. The SMILES string of the molecule is CCCCCCCCCCCCCCCCCC(=O)OC[C@H](COP(=O)([O-])OCC[N+](C)(C)C)OC(=O)CCCCCNC(=O)C(C)c1ccc(CC(C)C)cc1. The summed E-state index contributed by atoms with van der Waals surface area (Å²) in [4.78, 5) is 50.4. The molecule has 0 aromatic heterocycles. The van der Waals surface area contributed by atoms with Crippen LogP contribution in [-0.4, -0.2) is 82.5 Å². The van der Waals surface area contributed by atoms with E-state index >= 15 is 0 Å². The number of amides is 1. The molecule has 0 bridgehead atoms. The summed E-state index contributed by atoms with van der Waals surface area (Å²) in [6.45, 7) is 8.55. The van der Waals surface area contributed by atoms with Crippen molar-refractivity contribution in [3.05, 3.63) is 35.4 Å². The van der Waals surface area contributed by atoms with E-state index in [4.69, 9.17) is 18.5 Å². The molecule has 57 heavy (non-hydrogen) atoms. The minimum atomic E-state index is -4.67. The number of phosphoric acid groups is 1. The Morgan fingerprint density at radius 2 is 1.21 bits per heavy atom. The molecule has 1 amide bonds. The Morgan fingerprint density at radius 1 is 0.702 bits per heavy atom. The maximum absolute atomic E-state index is 12.7. The second kappa shape index (κ2) is 31.6. The maximum atomic E-state index is 12.7. The largest absolute Gasteiger partial charge is 0.756 e. The number of nitrogens with one attached hydrogen (secondary N) is 1. The Bertz CT molecular complexity index is 1250. The Kier molecular flexibility index (Phi) is 29.2. The van der Waals surface area contributed by atoms with Gasteiger partial charge in [0.05, 0.1) is 33.7 Å². The number of carbonyl (C=O) groups excluding carboxylic acids is 3. The number of phosphoric ester groups is 1. The molecule has 0 aliphatic heterocycles. The van der Waals surface area contributed by atoms with Crippen molar-refractivity contribution in [1.82, 2.24) is 5.32 Å². The van der Waals surface area contributed by atoms with E-state index in [-0.39, 0.29) is 37.9 Å². The fraction of sp³-hybridized carbons (Fsp3) is 0.800. The van der Waals surface area contributed by atoms with Crippen molar-refractivity contribution in [3.8, 4) is 0 Å². The monoisotopic (exact) mass is 825 g/mol. The van der Waals surface area contributed by atoms with Crippen molar-refractivity contribution in [2.24, 2.45) is 5.92 Å². The molecule has 0 saturated carbocycles. The third kappa shape index (κ3) is 30.4. The molecule has 12 heteroatoms. The molecule has 1 aromatic rings. The van der Waals surface area contributed by atoms with Crippen LogP contribution in [0, 0.1) is 5.92 Å². The first-order valence-corrected chi connectivity index (χ1v) is 23.7. The quantitative estimate of drug-likeness (QED) is 0.0303. The topological polar surface area (TPSA) is 140 Å². The summed E-state index contributed by atoms with van der Waals surface area (Å²) < 4.78 is 33.8. The van der Waals surface area contributed by atoms with Gasteiger partial charge in [0, 0.05) is 19.4 Å². The molecule has 3 atom stereocenters. The molecule has 2 unspecified atom stereocenters. The number of carbonyl (C=O) groups is 3. The van der Waals surface area contributed by atoms with Gasteiger partial charge >= 0.3 is 11.9 Å². The number of unbranched alkanes of at least 4 members (excludes halogenated alkanes) is 16. The normalized spacial score (nSPS) is 13.9. The predicted octanol–water partition coefficient (Wildman–Crippen LogP) is 9.59. The van der Waals surface area contributed by atoms with Crippen LogP contribution in [0.5, 0.6) is 0 Å². The van der Waals surface area contributed by atoms with Crippen molar-refractivity contribution in [3.63, 3.8) is 0 Å². The van der Waals surface area contributed by atoms with Gasteiger partial charge in [0.25, 0.3) is 7.82 Å². The average molecular weight is 825 g/mol. The highest BCUT2D eigenvalue weighted by atomic mass is 31.2. The van der Waals surface area contributed by atoms with Gasteiger partial charge in [-0.15, -0.1) is 0 Å². The van der Waals surface area contributed by atoms with Crippen LogP contribution in [0.2, 0.25) is 0 Å². The summed E-state index contributed by atoms with van der Waals surface area (Å²) in [5, 5.41) is 2.98. The summed E-state index contributed by atoms with van der Waals surface area (Å²) >= 11 is 0. The Labute approximate surface area is 346 Å². The zero-order valence-electron chi connectivity index (χ0n) is 37.0. The number of esters is 2. The van der Waals surface area contributed by atoms with Gasteiger partial charge in [-0.25, -0.2) is 0 Å². The molecule has 0 radical (unpaired) electrons. The van der Waals surface area contributed by atoms with E-state index in [0.717, 1.165) is 31.2 Å². The summed E-state index contributed by atoms with van der Waals surface area (Å²) in [6.07, 6.45) is 20.6. The van der Waals surface area contributed by atoms with Crippen molar-refractivity contribution in [2.75, 3.05) is 54.1 Å². The molecule has 0 heterocycles. The van der Waals surface area contributed by atoms with E-state index in [9.17, 15) is 23.8 Å². The Hall–Kier alpha value is -2.30. The van der Waals surface area contributed by atoms with E-state index in [2.05, 4.69) is 38.2 Å². The summed E-state index contributed by atoms with van der Waals surface area (Å²) in [5.41, 5.74) is 2.23. The standard InChI is InChI=1S/C45H81N2O9P/c1-8-9-10-11-12-13-14-15-16-17-18-19-20-21-23-26-43(48)53-36-42(37-55-57(51,52)54-34-33-47(5,6)7)56-44(49)27-24-22-25-32-46-45(50)39(4)41-30-28-40(29-31-41)35-38(2)3/h28-31,38-39,42H,8-27,32-37H2,1-7H3,(H-,46,50,51,52)/t39?,42-/m1/s1. The van der Waals surface area contributed by atoms with Crippen molar-refractivity contribution >= 4 is 25.7 Å². The van der Waals surface area contributed by atoms with Crippen LogP contribution in [0.3, 0.4) is 0 Å². The molecule has 0 fully saturated rings. The number of hydrogen-bond donors (Lipinski definition) is 1. The van der Waals surface area contributed by atoms with Crippen LogP contribution in [0.25, 0.3) is 0 Å². The fourth-order valence-electron chi connectivity index (χ4n) is 6.40. The smallest absolute Gasteiger partial charge is 0.306 e. The van der Waals surface area contributed by atoms with E-state index < -0.39 is 32.5 Å². The molecule has 0 spiro atoms. The first-order valence-electron chi connectivity index (χ1n) is 22.2. The lowest BCUT2D eigenvalue weighted by atomic mass is 9.96. The highest BCUT2D eigenvalue weighted by Gasteiger charge is 2.22. The Balaban J connectivity index is 2.40. The molecule has 1 rings (SSSR count). The number of hydrogen-bond acceptors (Lipinski definition) is 9. The lowest BCUT2D eigenvalue weighted by Gasteiger charge is -2.28. The fourth-order valence-corrected chi connectivity index (χ4v) is 7.13. The third-order valence-electron chi connectivity index (χ3n) is 10.0. The van der Waals surface area contributed by atoms with E-state index in [0.29, 0.717) is 49.2 Å². The van der Waals surface area contributed by atoms with Crippen LogP contribution in [0.4, 0.5) is 0 Å². The van der Waals surface area contributed by atoms with Crippen molar-refractivity contribution < 1.29 is 46.8 Å². The third-order valence-corrected chi connectivity index (χ3v) is 11.0. The van der Waals surface area contributed by atoms with Gasteiger partial charge < -0.3 is 33.2 Å². The summed E-state index contributed by atoms with van der Waals surface area (Å²) in [6, 6.07) is 8.20. The summed E-state index contributed by atoms with van der Waals surface area (Å²) in [5.74, 6) is -0.705. The van der Waals surface area contributed by atoms with Crippen LogP contribution in [0.15, 0.2) is 24.3 Å². The second-order valence-electron chi connectivity index (χ2n) is 17.2. The number of quaternary nitrogens is 1. The van der Waals surface area contributed by atoms with E-state index in [1.807, 2.05) is 40.2 Å². The van der Waals surface area contributed by atoms with Gasteiger partial charge in [-0.1, -0.05) is 141 Å². The van der Waals surface area contributed by atoms with Crippen LogP contribution in [-0.2, 0) is 43.9 Å². The predicted molar refractivity (Wildman–Crippen MR) is 228 cm³/mol. The minimum Gasteiger partial charge on any atom is -0.756 e. The first kappa shape index (κ1) is 52.7. The van der Waals surface area contributed by atoms with E-state index in [1.54, 1.807) is 0 Å². The van der Waals surface area contributed by atoms with Crippen LogP contribution in [0.1, 0.15) is 173 Å². The van der Waals surface area contributed by atoms with Crippen LogP contribution >= 0.6 is 7.82 Å². The molecule has 0 aliphatic rings. The average Bonchev–Trinajstić information content (AvgIpc) is 3.14. The number of likely N-dealkylation sites (N-methyl/N-ethyl adjacent to an activating group) is 1. The van der Waals surface area contributed by atoms with Gasteiger partial charge in [0.2, 0.25) is 5.91 Å². The van der Waals surface area contributed by atoms with Crippen molar-refractivity contribution in [2.45, 2.75) is 175 Å². The molecule has 0 aliphatic carbocycles. The first-order chi connectivity index (χ1) is 27.1. The van der Waals surface area contributed by atoms with E-state index in [1.165, 1.54) is 76.2 Å². The lowest BCUT2D eigenvalue weighted by Crippen LogP contribution is -2.37.